The highest BCUT2D eigenvalue weighted by molar-refractivity contribution is 7.88. The van der Waals surface area contributed by atoms with Crippen LogP contribution in [0.25, 0.3) is 0 Å². The van der Waals surface area contributed by atoms with Crippen LogP contribution in [-0.2, 0) is 15.8 Å². The zero-order valence-electron chi connectivity index (χ0n) is 13.5. The lowest BCUT2D eigenvalue weighted by Gasteiger charge is -2.12. The first kappa shape index (κ1) is 19.1. The molecule has 2 aromatic carbocycles. The molecule has 0 fully saturated rings. The molecule has 0 heterocycles. The van der Waals surface area contributed by atoms with Crippen molar-refractivity contribution in [2.45, 2.75) is 19.6 Å². The lowest BCUT2D eigenvalue weighted by Crippen LogP contribution is -2.29. The molecule has 4 nitrogen and oxygen atoms in total. The average Bonchev–Trinajstić information content (AvgIpc) is 2.50. The molecule has 2 aromatic rings. The summed E-state index contributed by atoms with van der Waals surface area (Å²) < 4.78 is 32.4. The van der Waals surface area contributed by atoms with E-state index in [2.05, 4.69) is 4.72 Å². The van der Waals surface area contributed by atoms with Crippen molar-refractivity contribution in [3.8, 4) is 5.75 Å². The zero-order valence-corrected chi connectivity index (χ0v) is 15.8. The van der Waals surface area contributed by atoms with Crippen LogP contribution in [0.3, 0.4) is 0 Å². The summed E-state index contributed by atoms with van der Waals surface area (Å²) in [5.41, 5.74) is 2.68. The maximum absolute atomic E-state index is 12.1. The van der Waals surface area contributed by atoms with Crippen molar-refractivity contribution in [3.05, 3.63) is 63.1 Å². The quantitative estimate of drug-likeness (QED) is 0.727. The highest BCUT2D eigenvalue weighted by Gasteiger charge is 2.14. The number of benzene rings is 2. The molecule has 0 atom stereocenters. The van der Waals surface area contributed by atoms with Gasteiger partial charge in [-0.3, -0.25) is 0 Å². The topological polar surface area (TPSA) is 55.4 Å². The van der Waals surface area contributed by atoms with Gasteiger partial charge in [0.2, 0.25) is 10.0 Å². The average molecular weight is 388 g/mol. The van der Waals surface area contributed by atoms with E-state index in [-0.39, 0.29) is 18.9 Å². The predicted octanol–water partition coefficient (Wildman–Crippen LogP) is 4.11. The molecule has 0 aliphatic carbocycles. The van der Waals surface area contributed by atoms with E-state index in [1.165, 1.54) is 6.07 Å². The molecule has 130 valence electrons. The SMILES string of the molecule is Cc1cccc(OCCNS(=O)(=O)Cc2ccc(Cl)cc2Cl)c1C. The summed E-state index contributed by atoms with van der Waals surface area (Å²) in [5.74, 6) is 0.557. The predicted molar refractivity (Wildman–Crippen MR) is 98.5 cm³/mol. The van der Waals surface area contributed by atoms with Crippen molar-refractivity contribution in [1.82, 2.24) is 4.72 Å². The molecule has 0 saturated heterocycles. The molecule has 0 aromatic heterocycles. The maximum Gasteiger partial charge on any atom is 0.215 e. The van der Waals surface area contributed by atoms with Crippen LogP contribution in [0, 0.1) is 13.8 Å². The van der Waals surface area contributed by atoms with Crippen LogP contribution in [0.1, 0.15) is 16.7 Å². The third-order valence-electron chi connectivity index (χ3n) is 3.60. The van der Waals surface area contributed by atoms with Crippen LogP contribution in [0.2, 0.25) is 10.0 Å². The van der Waals surface area contributed by atoms with Gasteiger partial charge in [0.25, 0.3) is 0 Å². The van der Waals surface area contributed by atoms with Gasteiger partial charge in [-0.15, -0.1) is 0 Å². The summed E-state index contributed by atoms with van der Waals surface area (Å²) in [6, 6.07) is 10.5. The molecule has 2 rings (SSSR count). The van der Waals surface area contributed by atoms with E-state index in [1.807, 2.05) is 32.0 Å². The number of nitrogens with one attached hydrogen (secondary N) is 1. The van der Waals surface area contributed by atoms with Crippen LogP contribution < -0.4 is 9.46 Å². The largest absolute Gasteiger partial charge is 0.492 e. The van der Waals surface area contributed by atoms with Crippen molar-refractivity contribution >= 4 is 33.2 Å². The van der Waals surface area contributed by atoms with E-state index in [1.54, 1.807) is 12.1 Å². The molecule has 0 spiro atoms. The Morgan fingerprint density at radius 3 is 2.58 bits per heavy atom. The summed E-state index contributed by atoms with van der Waals surface area (Å²) in [6.07, 6.45) is 0. The smallest absolute Gasteiger partial charge is 0.215 e. The fraction of sp³-hybridized carbons (Fsp3) is 0.294. The van der Waals surface area contributed by atoms with E-state index in [0.717, 1.165) is 16.9 Å². The van der Waals surface area contributed by atoms with E-state index >= 15 is 0 Å². The Morgan fingerprint density at radius 1 is 1.12 bits per heavy atom. The zero-order chi connectivity index (χ0) is 17.7. The van der Waals surface area contributed by atoms with Gasteiger partial charge in [0.05, 0.1) is 5.75 Å². The van der Waals surface area contributed by atoms with E-state index < -0.39 is 10.0 Å². The highest BCUT2D eigenvalue weighted by Crippen LogP contribution is 2.22. The number of aryl methyl sites for hydroxylation is 1. The lowest BCUT2D eigenvalue weighted by atomic mass is 10.1. The Balaban J connectivity index is 1.88. The van der Waals surface area contributed by atoms with Crippen LogP contribution >= 0.6 is 23.2 Å². The van der Waals surface area contributed by atoms with Crippen LogP contribution in [-0.4, -0.2) is 21.6 Å². The molecule has 0 radical (unpaired) electrons. The first-order valence-corrected chi connectivity index (χ1v) is 9.79. The second-order valence-corrected chi connectivity index (χ2v) is 8.09. The van der Waals surface area contributed by atoms with Gasteiger partial charge in [-0.05, 0) is 48.7 Å². The van der Waals surface area contributed by atoms with Gasteiger partial charge in [-0.2, -0.15) is 0 Å². The van der Waals surface area contributed by atoms with E-state index in [9.17, 15) is 8.42 Å². The Morgan fingerprint density at radius 2 is 1.88 bits per heavy atom. The molecule has 0 aliphatic rings. The number of sulfonamides is 1. The standard InChI is InChI=1S/C17H19Cl2NO3S/c1-12-4-3-5-17(13(12)2)23-9-8-20-24(21,22)11-14-6-7-15(18)10-16(14)19/h3-7,10,20H,8-9,11H2,1-2H3. The molecular formula is C17H19Cl2NO3S. The van der Waals surface area contributed by atoms with Crippen molar-refractivity contribution < 1.29 is 13.2 Å². The van der Waals surface area contributed by atoms with Crippen molar-refractivity contribution in [2.75, 3.05) is 13.2 Å². The number of rotatable bonds is 7. The molecular weight excluding hydrogens is 369 g/mol. The fourth-order valence-electron chi connectivity index (χ4n) is 2.13. The van der Waals surface area contributed by atoms with Gasteiger partial charge < -0.3 is 4.74 Å². The van der Waals surface area contributed by atoms with Crippen LogP contribution in [0.15, 0.2) is 36.4 Å². The first-order valence-electron chi connectivity index (χ1n) is 7.39. The minimum absolute atomic E-state index is 0.181. The van der Waals surface area contributed by atoms with Gasteiger partial charge in [-0.25, -0.2) is 13.1 Å². The van der Waals surface area contributed by atoms with Crippen LogP contribution in [0.4, 0.5) is 0 Å². The third kappa shape index (κ3) is 5.38. The summed E-state index contributed by atoms with van der Waals surface area (Å²) in [5, 5.41) is 0.801. The lowest BCUT2D eigenvalue weighted by molar-refractivity contribution is 0.320. The molecule has 7 heteroatoms. The first-order chi connectivity index (χ1) is 11.3. The summed E-state index contributed by atoms with van der Waals surface area (Å²) in [6.45, 7) is 4.40. The number of ether oxygens (including phenoxy) is 1. The molecule has 0 aliphatic heterocycles. The Labute approximate surface area is 152 Å². The summed E-state index contributed by atoms with van der Waals surface area (Å²) in [4.78, 5) is 0. The van der Waals surface area contributed by atoms with E-state index in [0.29, 0.717) is 15.6 Å². The number of halogens is 2. The van der Waals surface area contributed by atoms with Crippen molar-refractivity contribution in [3.63, 3.8) is 0 Å². The van der Waals surface area contributed by atoms with Gasteiger partial charge in [0, 0.05) is 16.6 Å². The Hall–Kier alpha value is -1.27. The minimum Gasteiger partial charge on any atom is -0.492 e. The molecule has 24 heavy (non-hydrogen) atoms. The monoisotopic (exact) mass is 387 g/mol. The van der Waals surface area contributed by atoms with Gasteiger partial charge in [0.15, 0.2) is 0 Å². The molecule has 0 unspecified atom stereocenters. The summed E-state index contributed by atoms with van der Waals surface area (Å²) >= 11 is 11.8. The number of hydrogen-bond acceptors (Lipinski definition) is 3. The van der Waals surface area contributed by atoms with Gasteiger partial charge in [-0.1, -0.05) is 41.4 Å². The molecule has 0 bridgehead atoms. The van der Waals surface area contributed by atoms with E-state index in [4.69, 9.17) is 27.9 Å². The number of hydrogen-bond donors (Lipinski definition) is 1. The Bertz CT molecular complexity index is 823. The van der Waals surface area contributed by atoms with Crippen molar-refractivity contribution in [1.29, 1.82) is 0 Å². The molecule has 1 N–H and O–H groups in total. The van der Waals surface area contributed by atoms with Gasteiger partial charge >= 0.3 is 0 Å². The summed E-state index contributed by atoms with van der Waals surface area (Å²) in [7, 11) is -3.50. The second kappa shape index (κ2) is 8.21. The van der Waals surface area contributed by atoms with Crippen LogP contribution in [0.5, 0.6) is 5.75 Å². The highest BCUT2D eigenvalue weighted by atomic mass is 35.5. The second-order valence-electron chi connectivity index (χ2n) is 5.44. The third-order valence-corrected chi connectivity index (χ3v) is 5.52. The minimum atomic E-state index is -3.50. The molecule has 0 amide bonds. The van der Waals surface area contributed by atoms with Gasteiger partial charge in [0.1, 0.15) is 12.4 Å². The maximum atomic E-state index is 12.1. The normalized spacial score (nSPS) is 11.5. The molecule has 0 saturated carbocycles. The Kier molecular flexibility index (Phi) is 6.52. The fourth-order valence-corrected chi connectivity index (χ4v) is 3.85. The van der Waals surface area contributed by atoms with Crippen molar-refractivity contribution in [2.24, 2.45) is 0 Å².